The molecule has 1 atom stereocenters. The van der Waals surface area contributed by atoms with Crippen LogP contribution in [0.15, 0.2) is 54.9 Å². The number of carbonyl (C=O) groups excluding carboxylic acids is 1. The molecular weight excluding hydrogens is 443 g/mol. The van der Waals surface area contributed by atoms with Crippen molar-refractivity contribution in [2.24, 2.45) is 5.92 Å². The lowest BCUT2D eigenvalue weighted by Gasteiger charge is -2.36. The number of hydrogen-bond acceptors (Lipinski definition) is 5. The van der Waals surface area contributed by atoms with Gasteiger partial charge in [-0.15, -0.1) is 0 Å². The number of rotatable bonds is 6. The van der Waals surface area contributed by atoms with Crippen LogP contribution in [0.25, 0.3) is 22.4 Å². The lowest BCUT2D eigenvalue weighted by Crippen LogP contribution is -2.47. The van der Waals surface area contributed by atoms with Crippen molar-refractivity contribution in [3.05, 3.63) is 72.0 Å². The molecule has 3 aromatic rings. The molecule has 0 bridgehead atoms. The number of fused-ring (bicyclic) bond motifs is 1. The van der Waals surface area contributed by atoms with Crippen LogP contribution in [0.5, 0.6) is 0 Å². The Kier molecular flexibility index (Phi) is 6.18. The molecule has 0 radical (unpaired) electrons. The van der Waals surface area contributed by atoms with E-state index in [-0.39, 0.29) is 17.5 Å². The number of likely N-dealkylation sites (N-methyl/N-ethyl adjacent to an activating group) is 1. The van der Waals surface area contributed by atoms with E-state index in [1.807, 2.05) is 52.9 Å². The van der Waals surface area contributed by atoms with E-state index in [1.165, 1.54) is 6.07 Å². The Balaban J connectivity index is 1.60. The van der Waals surface area contributed by atoms with Crippen LogP contribution >= 0.6 is 0 Å². The zero-order chi connectivity index (χ0) is 24.5. The maximum absolute atomic E-state index is 14.1. The van der Waals surface area contributed by atoms with E-state index < -0.39 is 5.82 Å². The molecule has 1 amide bonds. The van der Waals surface area contributed by atoms with Crippen molar-refractivity contribution in [2.75, 3.05) is 20.6 Å². The minimum absolute atomic E-state index is 0.00646. The van der Waals surface area contributed by atoms with Gasteiger partial charge < -0.3 is 9.80 Å². The van der Waals surface area contributed by atoms with E-state index in [0.29, 0.717) is 36.8 Å². The number of benzene rings is 1. The van der Waals surface area contributed by atoms with Crippen molar-refractivity contribution in [1.29, 1.82) is 5.26 Å². The van der Waals surface area contributed by atoms with Crippen molar-refractivity contribution in [1.82, 2.24) is 24.6 Å². The Hall–Kier alpha value is -3.83. The molecule has 1 fully saturated rings. The predicted octanol–water partition coefficient (Wildman–Crippen LogP) is 3.86. The van der Waals surface area contributed by atoms with Gasteiger partial charge in [0, 0.05) is 36.1 Å². The van der Waals surface area contributed by atoms with E-state index in [1.54, 1.807) is 30.6 Å². The molecule has 1 unspecified atom stereocenters. The van der Waals surface area contributed by atoms with Crippen LogP contribution in [0.3, 0.4) is 0 Å². The number of aromatic nitrogens is 3. The van der Waals surface area contributed by atoms with Gasteiger partial charge in [0.25, 0.3) is 0 Å². The average Bonchev–Trinajstić information content (AvgIpc) is 3.64. The molecule has 1 aliphatic heterocycles. The van der Waals surface area contributed by atoms with E-state index in [9.17, 15) is 14.4 Å². The number of hydrogen-bond donors (Lipinski definition) is 0. The van der Waals surface area contributed by atoms with Crippen molar-refractivity contribution >= 4 is 5.91 Å². The van der Waals surface area contributed by atoms with Gasteiger partial charge in [-0.1, -0.05) is 6.08 Å². The van der Waals surface area contributed by atoms with Crippen molar-refractivity contribution in [3.8, 4) is 28.5 Å². The minimum atomic E-state index is -0.555. The van der Waals surface area contributed by atoms with E-state index in [4.69, 9.17) is 5.10 Å². The number of amides is 1. The lowest BCUT2D eigenvalue weighted by molar-refractivity contribution is -0.130. The van der Waals surface area contributed by atoms with Crippen LogP contribution in [0.1, 0.15) is 24.1 Å². The molecule has 7 nitrogen and oxygen atoms in total. The van der Waals surface area contributed by atoms with Gasteiger partial charge in [0.05, 0.1) is 30.4 Å². The van der Waals surface area contributed by atoms with Crippen LogP contribution in [0, 0.1) is 23.1 Å². The Morgan fingerprint density at radius 3 is 2.69 bits per heavy atom. The Morgan fingerprint density at radius 2 is 2.00 bits per heavy atom. The van der Waals surface area contributed by atoms with Crippen LogP contribution in [0.4, 0.5) is 4.39 Å². The van der Waals surface area contributed by atoms with Crippen molar-refractivity contribution in [3.63, 3.8) is 0 Å². The first-order valence-corrected chi connectivity index (χ1v) is 11.8. The molecule has 2 aromatic heterocycles. The first kappa shape index (κ1) is 22.9. The summed E-state index contributed by atoms with van der Waals surface area (Å²) in [7, 11) is 3.94. The quantitative estimate of drug-likeness (QED) is 0.511. The van der Waals surface area contributed by atoms with Crippen LogP contribution in [0.2, 0.25) is 0 Å². The third-order valence-electron chi connectivity index (χ3n) is 6.65. The second-order valence-electron chi connectivity index (χ2n) is 9.43. The van der Waals surface area contributed by atoms with Crippen LogP contribution in [-0.2, 0) is 17.9 Å². The van der Waals surface area contributed by atoms with Gasteiger partial charge in [-0.05, 0) is 68.8 Å². The summed E-state index contributed by atoms with van der Waals surface area (Å²) in [6.07, 6.45) is 9.23. The molecule has 0 spiro atoms. The monoisotopic (exact) mass is 470 g/mol. The molecule has 1 aromatic carbocycles. The summed E-state index contributed by atoms with van der Waals surface area (Å²) in [5.74, 6) is -0.0740. The van der Waals surface area contributed by atoms with Gasteiger partial charge in [0.15, 0.2) is 0 Å². The minimum Gasteiger partial charge on any atom is -0.328 e. The van der Waals surface area contributed by atoms with Gasteiger partial charge >= 0.3 is 0 Å². The van der Waals surface area contributed by atoms with Crippen LogP contribution < -0.4 is 0 Å². The fraction of sp³-hybridized carbons (Fsp3) is 0.333. The Labute approximate surface area is 204 Å². The average molecular weight is 471 g/mol. The summed E-state index contributed by atoms with van der Waals surface area (Å²) in [4.78, 5) is 21.4. The van der Waals surface area contributed by atoms with E-state index in [0.717, 1.165) is 29.7 Å². The molecule has 2 aliphatic rings. The summed E-state index contributed by atoms with van der Waals surface area (Å²) < 4.78 is 16.1. The molecule has 35 heavy (non-hydrogen) atoms. The summed E-state index contributed by atoms with van der Waals surface area (Å²) >= 11 is 0. The third-order valence-corrected chi connectivity index (χ3v) is 6.65. The molecule has 3 heterocycles. The number of carbonyl (C=O) groups is 1. The Bertz CT molecular complexity index is 1320. The molecule has 1 aliphatic carbocycles. The number of pyridine rings is 1. The zero-order valence-electron chi connectivity index (χ0n) is 19.9. The zero-order valence-corrected chi connectivity index (χ0v) is 19.9. The summed E-state index contributed by atoms with van der Waals surface area (Å²) in [5.41, 5.74) is 4.05. The highest BCUT2D eigenvalue weighted by molar-refractivity contribution is 5.89. The second-order valence-corrected chi connectivity index (χ2v) is 9.43. The standard InChI is InChI=1S/C27H27FN6O/c1-32(2)13-3-4-25(35)33-16-24-26(19-9-11-30-12-10-19)27(20-7-8-22(28)21(14-20)15-29)31-34(24)17-23(33)18-5-6-18/h3-4,7-12,14,18,23H,5-6,13,16-17H2,1-2H3/b4-3+. The molecule has 5 rings (SSSR count). The van der Waals surface area contributed by atoms with E-state index >= 15 is 0 Å². The van der Waals surface area contributed by atoms with Gasteiger partial charge in [0.2, 0.25) is 5.91 Å². The summed E-state index contributed by atoms with van der Waals surface area (Å²) in [6, 6.07) is 10.3. The summed E-state index contributed by atoms with van der Waals surface area (Å²) in [5, 5.41) is 14.3. The van der Waals surface area contributed by atoms with Crippen LogP contribution in [-0.4, -0.2) is 57.2 Å². The molecule has 8 heteroatoms. The SMILES string of the molecule is CN(C)C/C=C/C(=O)N1Cc2c(-c3ccncc3)c(-c3ccc(F)c(C#N)c3)nn2CC1C1CC1. The summed E-state index contributed by atoms with van der Waals surface area (Å²) in [6.45, 7) is 1.74. The van der Waals surface area contributed by atoms with Gasteiger partial charge in [0.1, 0.15) is 17.6 Å². The highest BCUT2D eigenvalue weighted by Gasteiger charge is 2.41. The highest BCUT2D eigenvalue weighted by atomic mass is 19.1. The van der Waals surface area contributed by atoms with Gasteiger partial charge in [-0.25, -0.2) is 4.39 Å². The maximum atomic E-state index is 14.1. The molecule has 1 saturated carbocycles. The fourth-order valence-corrected chi connectivity index (χ4v) is 4.73. The normalized spacial score (nSPS) is 17.6. The molecular formula is C27H27FN6O. The van der Waals surface area contributed by atoms with E-state index in [2.05, 4.69) is 4.98 Å². The predicted molar refractivity (Wildman–Crippen MR) is 130 cm³/mol. The third kappa shape index (κ3) is 4.60. The van der Waals surface area contributed by atoms with Gasteiger partial charge in [-0.2, -0.15) is 10.4 Å². The number of halogens is 1. The molecule has 0 N–H and O–H groups in total. The topological polar surface area (TPSA) is 78.1 Å². The first-order valence-electron chi connectivity index (χ1n) is 11.8. The van der Waals surface area contributed by atoms with Gasteiger partial charge in [-0.3, -0.25) is 14.5 Å². The maximum Gasteiger partial charge on any atom is 0.246 e. The second kappa shape index (κ2) is 9.43. The Morgan fingerprint density at radius 1 is 1.23 bits per heavy atom. The number of nitrogens with zero attached hydrogens (tertiary/aromatic N) is 6. The van der Waals surface area contributed by atoms with Crippen molar-refractivity contribution < 1.29 is 9.18 Å². The highest BCUT2D eigenvalue weighted by Crippen LogP contribution is 2.42. The lowest BCUT2D eigenvalue weighted by atomic mass is 9.97. The largest absolute Gasteiger partial charge is 0.328 e. The smallest absolute Gasteiger partial charge is 0.246 e. The molecule has 178 valence electrons. The van der Waals surface area contributed by atoms with Crippen molar-refractivity contribution in [2.45, 2.75) is 32.0 Å². The fourth-order valence-electron chi connectivity index (χ4n) is 4.73. The number of nitriles is 1. The molecule has 0 saturated heterocycles. The first-order chi connectivity index (χ1) is 17.0.